The SMILES string of the molecule is CC[C@H](NC(=O)c1cc(S(=O)(=O)N2CCOCC2)ccc1OC)c1ccc2c(c1)CCCC2. The molecule has 178 valence electrons. The summed E-state index contributed by atoms with van der Waals surface area (Å²) in [4.78, 5) is 13.4. The van der Waals surface area contributed by atoms with E-state index in [1.807, 2.05) is 6.92 Å². The van der Waals surface area contributed by atoms with Gasteiger partial charge < -0.3 is 14.8 Å². The standard InChI is InChI=1S/C25H32N2O5S/c1-3-23(20-9-8-18-6-4-5-7-19(18)16-20)26-25(28)22-17-21(10-11-24(22)31-2)33(29,30)27-12-14-32-15-13-27/h8-11,16-17,23H,3-7,12-15H2,1-2H3,(H,26,28)/t23-/m0/s1. The topological polar surface area (TPSA) is 84.9 Å². The number of nitrogens with one attached hydrogen (secondary N) is 1. The second-order valence-electron chi connectivity index (χ2n) is 8.55. The van der Waals surface area contributed by atoms with Crippen LogP contribution in [0.3, 0.4) is 0 Å². The zero-order chi connectivity index (χ0) is 23.4. The third-order valence-electron chi connectivity index (χ3n) is 6.51. The van der Waals surface area contributed by atoms with E-state index in [2.05, 4.69) is 23.5 Å². The molecule has 0 unspecified atom stereocenters. The minimum atomic E-state index is -3.72. The fourth-order valence-electron chi connectivity index (χ4n) is 4.59. The van der Waals surface area contributed by atoms with Crippen LogP contribution in [0.25, 0.3) is 0 Å². The predicted octanol–water partition coefficient (Wildman–Crippen LogP) is 3.48. The van der Waals surface area contributed by atoms with Gasteiger partial charge in [-0.05, 0) is 67.0 Å². The van der Waals surface area contributed by atoms with Crippen molar-refractivity contribution in [1.82, 2.24) is 9.62 Å². The average molecular weight is 473 g/mol. The summed E-state index contributed by atoms with van der Waals surface area (Å²) >= 11 is 0. The minimum Gasteiger partial charge on any atom is -0.496 e. The number of carbonyl (C=O) groups is 1. The van der Waals surface area contributed by atoms with Gasteiger partial charge in [0.25, 0.3) is 5.91 Å². The molecule has 2 aromatic carbocycles. The summed E-state index contributed by atoms with van der Waals surface area (Å²) < 4.78 is 38.2. The fraction of sp³-hybridized carbons (Fsp3) is 0.480. The number of rotatable bonds is 7. The summed E-state index contributed by atoms with van der Waals surface area (Å²) in [6.07, 6.45) is 5.33. The lowest BCUT2D eigenvalue weighted by Gasteiger charge is -2.26. The summed E-state index contributed by atoms with van der Waals surface area (Å²) in [5.74, 6) is -0.0100. The number of hydrogen-bond donors (Lipinski definition) is 1. The van der Waals surface area contributed by atoms with E-state index in [0.29, 0.717) is 32.1 Å². The molecule has 2 aliphatic rings. The number of sulfonamides is 1. The number of amides is 1. The molecule has 8 heteroatoms. The van der Waals surface area contributed by atoms with Crippen LogP contribution >= 0.6 is 0 Å². The number of hydrogen-bond acceptors (Lipinski definition) is 5. The molecule has 1 N–H and O–H groups in total. The minimum absolute atomic E-state index is 0.0807. The van der Waals surface area contributed by atoms with Gasteiger partial charge in [0.1, 0.15) is 5.75 Å². The summed E-state index contributed by atoms with van der Waals surface area (Å²) in [5, 5.41) is 3.09. The van der Waals surface area contributed by atoms with Crippen molar-refractivity contribution in [3.8, 4) is 5.75 Å². The van der Waals surface area contributed by atoms with Gasteiger partial charge >= 0.3 is 0 Å². The first kappa shape index (κ1) is 23.7. The molecule has 1 fully saturated rings. The second kappa shape index (κ2) is 10.2. The highest BCUT2D eigenvalue weighted by Crippen LogP contribution is 2.28. The highest BCUT2D eigenvalue weighted by Gasteiger charge is 2.28. The van der Waals surface area contributed by atoms with E-state index < -0.39 is 10.0 Å². The molecule has 4 rings (SSSR count). The van der Waals surface area contributed by atoms with Crippen LogP contribution in [-0.2, 0) is 27.6 Å². The van der Waals surface area contributed by atoms with Crippen molar-refractivity contribution < 1.29 is 22.7 Å². The van der Waals surface area contributed by atoms with Crippen LogP contribution in [0, 0.1) is 0 Å². The van der Waals surface area contributed by atoms with Crippen LogP contribution in [0.2, 0.25) is 0 Å². The molecule has 0 radical (unpaired) electrons. The van der Waals surface area contributed by atoms with Crippen molar-refractivity contribution in [3.05, 3.63) is 58.7 Å². The maximum Gasteiger partial charge on any atom is 0.255 e. The van der Waals surface area contributed by atoms with Crippen molar-refractivity contribution in [3.63, 3.8) is 0 Å². The Labute approximate surface area is 196 Å². The van der Waals surface area contributed by atoms with Crippen molar-refractivity contribution >= 4 is 15.9 Å². The van der Waals surface area contributed by atoms with Crippen LogP contribution in [0.1, 0.15) is 59.3 Å². The van der Waals surface area contributed by atoms with E-state index in [1.54, 1.807) is 6.07 Å². The Morgan fingerprint density at radius 2 is 1.82 bits per heavy atom. The Hall–Kier alpha value is -2.42. The molecule has 1 amide bonds. The number of aryl methyl sites for hydroxylation is 2. The molecule has 1 saturated heterocycles. The molecule has 1 atom stereocenters. The Kier molecular flexibility index (Phi) is 7.36. The second-order valence-corrected chi connectivity index (χ2v) is 10.5. The van der Waals surface area contributed by atoms with Crippen molar-refractivity contribution in [2.45, 2.75) is 50.0 Å². The molecular weight excluding hydrogens is 440 g/mol. The first-order valence-electron chi connectivity index (χ1n) is 11.6. The summed E-state index contributed by atoms with van der Waals surface area (Å²) in [6, 6.07) is 10.7. The van der Waals surface area contributed by atoms with Gasteiger partial charge in [-0.1, -0.05) is 25.1 Å². The molecule has 0 spiro atoms. The van der Waals surface area contributed by atoms with E-state index in [-0.39, 0.29) is 22.4 Å². The van der Waals surface area contributed by atoms with Crippen LogP contribution in [-0.4, -0.2) is 52.0 Å². The monoisotopic (exact) mass is 472 g/mol. The van der Waals surface area contributed by atoms with Crippen LogP contribution < -0.4 is 10.1 Å². The maximum atomic E-state index is 13.3. The molecule has 1 aliphatic heterocycles. The van der Waals surface area contributed by atoms with Gasteiger partial charge in [-0.25, -0.2) is 8.42 Å². The van der Waals surface area contributed by atoms with Crippen molar-refractivity contribution in [1.29, 1.82) is 0 Å². The van der Waals surface area contributed by atoms with E-state index >= 15 is 0 Å². The van der Waals surface area contributed by atoms with Crippen LogP contribution in [0.15, 0.2) is 41.3 Å². The van der Waals surface area contributed by atoms with Gasteiger partial charge in [0.15, 0.2) is 0 Å². The normalized spacial score (nSPS) is 17.8. The van der Waals surface area contributed by atoms with Gasteiger partial charge in [-0.15, -0.1) is 0 Å². The Morgan fingerprint density at radius 1 is 1.09 bits per heavy atom. The Balaban J connectivity index is 1.59. The number of morpholine rings is 1. The number of methoxy groups -OCH3 is 1. The molecule has 1 aliphatic carbocycles. The Morgan fingerprint density at radius 3 is 2.52 bits per heavy atom. The van der Waals surface area contributed by atoms with E-state index in [9.17, 15) is 13.2 Å². The summed E-state index contributed by atoms with van der Waals surface area (Å²) in [5.41, 5.74) is 4.04. The lowest BCUT2D eigenvalue weighted by Crippen LogP contribution is -2.40. The van der Waals surface area contributed by atoms with E-state index in [0.717, 1.165) is 24.8 Å². The lowest BCUT2D eigenvalue weighted by atomic mass is 9.88. The fourth-order valence-corrected chi connectivity index (χ4v) is 6.02. The Bertz CT molecular complexity index is 1110. The third kappa shape index (κ3) is 5.08. The van der Waals surface area contributed by atoms with Crippen LogP contribution in [0.4, 0.5) is 0 Å². The molecular formula is C25H32N2O5S. The third-order valence-corrected chi connectivity index (χ3v) is 8.41. The number of benzene rings is 2. The molecule has 1 heterocycles. The molecule has 0 saturated carbocycles. The lowest BCUT2D eigenvalue weighted by molar-refractivity contribution is 0.0730. The number of nitrogens with zero attached hydrogens (tertiary/aromatic N) is 1. The molecule has 7 nitrogen and oxygen atoms in total. The quantitative estimate of drug-likeness (QED) is 0.667. The van der Waals surface area contributed by atoms with Crippen LogP contribution in [0.5, 0.6) is 5.75 Å². The van der Waals surface area contributed by atoms with Gasteiger partial charge in [0, 0.05) is 13.1 Å². The van der Waals surface area contributed by atoms with Gasteiger partial charge in [-0.2, -0.15) is 4.31 Å². The average Bonchev–Trinajstić information content (AvgIpc) is 2.86. The smallest absolute Gasteiger partial charge is 0.255 e. The van der Waals surface area contributed by atoms with E-state index in [4.69, 9.17) is 9.47 Å². The van der Waals surface area contributed by atoms with Gasteiger partial charge in [0.05, 0.1) is 36.8 Å². The van der Waals surface area contributed by atoms with E-state index in [1.165, 1.54) is 47.5 Å². The maximum absolute atomic E-state index is 13.3. The number of carbonyl (C=O) groups excluding carboxylic acids is 1. The largest absolute Gasteiger partial charge is 0.496 e. The number of fused-ring (bicyclic) bond motifs is 1. The molecule has 2 aromatic rings. The highest BCUT2D eigenvalue weighted by atomic mass is 32.2. The highest BCUT2D eigenvalue weighted by molar-refractivity contribution is 7.89. The predicted molar refractivity (Wildman–Crippen MR) is 126 cm³/mol. The summed E-state index contributed by atoms with van der Waals surface area (Å²) in [6.45, 7) is 3.35. The molecule has 0 aromatic heterocycles. The first-order valence-corrected chi connectivity index (χ1v) is 13.1. The molecule has 33 heavy (non-hydrogen) atoms. The summed E-state index contributed by atoms with van der Waals surface area (Å²) in [7, 11) is -2.25. The zero-order valence-electron chi connectivity index (χ0n) is 19.3. The van der Waals surface area contributed by atoms with Crippen molar-refractivity contribution in [2.24, 2.45) is 0 Å². The number of ether oxygens (including phenoxy) is 2. The van der Waals surface area contributed by atoms with Gasteiger partial charge in [-0.3, -0.25) is 4.79 Å². The van der Waals surface area contributed by atoms with Crippen molar-refractivity contribution in [2.75, 3.05) is 33.4 Å². The molecule has 0 bridgehead atoms. The first-order chi connectivity index (χ1) is 15.9. The van der Waals surface area contributed by atoms with Gasteiger partial charge in [0.2, 0.25) is 10.0 Å². The zero-order valence-corrected chi connectivity index (χ0v) is 20.1.